The Kier molecular flexibility index (Phi) is 5.01. The third kappa shape index (κ3) is 3.59. The molecule has 0 aliphatic rings. The third-order valence-electron chi connectivity index (χ3n) is 1.29. The van der Waals surface area contributed by atoms with Crippen LogP contribution in [0.3, 0.4) is 0 Å². The summed E-state index contributed by atoms with van der Waals surface area (Å²) < 4.78 is 40.7. The van der Waals surface area contributed by atoms with Crippen molar-refractivity contribution >= 4 is 7.60 Å². The van der Waals surface area contributed by atoms with E-state index >= 15 is 0 Å². The minimum atomic E-state index is -4.95. The van der Waals surface area contributed by atoms with E-state index in [1.165, 1.54) is 6.92 Å². The van der Waals surface area contributed by atoms with Crippen molar-refractivity contribution in [3.05, 3.63) is 10.4 Å². The Morgan fingerprint density at radius 2 is 2.29 bits per heavy atom. The highest BCUT2D eigenvalue weighted by Gasteiger charge is 2.50. The molecule has 82 valence electrons. The summed E-state index contributed by atoms with van der Waals surface area (Å²) in [6.07, 6.45) is -1.01. The van der Waals surface area contributed by atoms with Crippen LogP contribution in [0.1, 0.15) is 13.3 Å². The lowest BCUT2D eigenvalue weighted by Crippen LogP contribution is -2.19. The summed E-state index contributed by atoms with van der Waals surface area (Å²) >= 11 is 0. The van der Waals surface area contributed by atoms with Crippen LogP contribution in [-0.2, 0) is 9.09 Å². The molecule has 9 heteroatoms. The lowest BCUT2D eigenvalue weighted by molar-refractivity contribution is 0.0437. The molecule has 14 heavy (non-hydrogen) atoms. The van der Waals surface area contributed by atoms with Gasteiger partial charge in [0.2, 0.25) is 0 Å². The molecule has 0 fully saturated rings. The van der Waals surface area contributed by atoms with E-state index in [4.69, 9.17) is 10.4 Å². The van der Waals surface area contributed by atoms with Crippen molar-refractivity contribution in [3.63, 3.8) is 0 Å². The van der Waals surface area contributed by atoms with Crippen molar-refractivity contribution in [1.82, 2.24) is 0 Å². The molecule has 0 spiro atoms. The standard InChI is InChI=1S/C5H10F2N3O3P/c1-2-13-14(11,12)5(6,7)3-4-9-10-8/h2-4H2,1H3,(H,11,12). The molecular formula is C5H10F2N3O3P. The molecule has 0 amide bonds. The molecule has 1 unspecified atom stereocenters. The molecule has 0 heterocycles. The van der Waals surface area contributed by atoms with Gasteiger partial charge < -0.3 is 9.42 Å². The van der Waals surface area contributed by atoms with Crippen LogP contribution in [-0.4, -0.2) is 23.7 Å². The number of azide groups is 1. The molecule has 0 rings (SSSR count). The topological polar surface area (TPSA) is 95.3 Å². The Labute approximate surface area is 79.0 Å². The minimum Gasteiger partial charge on any atom is -0.320 e. The van der Waals surface area contributed by atoms with Crippen LogP contribution in [0.4, 0.5) is 8.78 Å². The number of nitrogens with zero attached hydrogens (tertiary/aromatic N) is 3. The molecule has 0 aliphatic heterocycles. The summed E-state index contributed by atoms with van der Waals surface area (Å²) in [6, 6.07) is 0. The second-order valence-electron chi connectivity index (χ2n) is 2.31. The molecular weight excluding hydrogens is 219 g/mol. The van der Waals surface area contributed by atoms with Crippen molar-refractivity contribution in [2.75, 3.05) is 13.2 Å². The molecule has 0 aliphatic carbocycles. The van der Waals surface area contributed by atoms with Crippen LogP contribution in [0.25, 0.3) is 10.4 Å². The van der Waals surface area contributed by atoms with Gasteiger partial charge in [0.05, 0.1) is 6.61 Å². The fourth-order valence-electron chi connectivity index (χ4n) is 0.640. The van der Waals surface area contributed by atoms with Gasteiger partial charge in [-0.05, 0) is 12.5 Å². The fourth-order valence-corrected chi connectivity index (χ4v) is 1.56. The minimum absolute atomic E-state index is 0.287. The van der Waals surface area contributed by atoms with Crippen LogP contribution < -0.4 is 0 Å². The Hall–Kier alpha value is -0.680. The second-order valence-corrected chi connectivity index (χ2v) is 4.26. The maximum atomic E-state index is 12.9. The molecule has 0 aromatic rings. The van der Waals surface area contributed by atoms with E-state index in [2.05, 4.69) is 14.5 Å². The Bertz CT molecular complexity index is 279. The number of rotatable bonds is 6. The lowest BCUT2D eigenvalue weighted by Gasteiger charge is -2.20. The maximum Gasteiger partial charge on any atom is 0.397 e. The predicted octanol–water partition coefficient (Wildman–Crippen LogP) is 2.50. The number of halogens is 2. The lowest BCUT2D eigenvalue weighted by atomic mass is 10.4. The van der Waals surface area contributed by atoms with Gasteiger partial charge in [-0.15, -0.1) is 0 Å². The first-order chi connectivity index (χ1) is 6.37. The first-order valence-corrected chi connectivity index (χ1v) is 5.31. The zero-order chi connectivity index (χ0) is 11.2. The van der Waals surface area contributed by atoms with Gasteiger partial charge in [0.1, 0.15) is 0 Å². The molecule has 6 nitrogen and oxygen atoms in total. The van der Waals surface area contributed by atoms with Crippen LogP contribution in [0.15, 0.2) is 5.11 Å². The summed E-state index contributed by atoms with van der Waals surface area (Å²) in [4.78, 5) is 11.0. The molecule has 1 atom stereocenters. The van der Waals surface area contributed by atoms with Gasteiger partial charge >= 0.3 is 13.3 Å². The molecule has 0 aromatic carbocycles. The van der Waals surface area contributed by atoms with E-state index < -0.39 is 26.2 Å². The van der Waals surface area contributed by atoms with Gasteiger partial charge in [0.25, 0.3) is 0 Å². The first-order valence-electron chi connectivity index (χ1n) is 3.73. The van der Waals surface area contributed by atoms with Gasteiger partial charge in [-0.1, -0.05) is 5.11 Å². The second kappa shape index (κ2) is 5.26. The molecule has 0 saturated heterocycles. The summed E-state index contributed by atoms with van der Waals surface area (Å²) in [5.41, 5.74) is 3.94. The van der Waals surface area contributed by atoms with E-state index in [1.807, 2.05) is 0 Å². The monoisotopic (exact) mass is 229 g/mol. The molecule has 1 N–H and O–H groups in total. The summed E-state index contributed by atoms with van der Waals surface area (Å²) in [5.74, 6) is 0. The van der Waals surface area contributed by atoms with Gasteiger partial charge in [0, 0.05) is 17.9 Å². The highest BCUT2D eigenvalue weighted by Crippen LogP contribution is 2.58. The van der Waals surface area contributed by atoms with Crippen molar-refractivity contribution in [1.29, 1.82) is 0 Å². The molecule has 0 radical (unpaired) electrons. The maximum absolute atomic E-state index is 12.9. The average Bonchev–Trinajstić information content (AvgIpc) is 2.04. The van der Waals surface area contributed by atoms with Gasteiger partial charge in [-0.25, -0.2) is 0 Å². The SMILES string of the molecule is CCOP(=O)(O)C(F)(F)CCN=[N+]=[N-]. The number of hydrogen-bond donors (Lipinski definition) is 1. The van der Waals surface area contributed by atoms with E-state index in [9.17, 15) is 13.3 Å². The zero-order valence-electron chi connectivity index (χ0n) is 7.43. The van der Waals surface area contributed by atoms with E-state index in [0.29, 0.717) is 0 Å². The summed E-state index contributed by atoms with van der Waals surface area (Å²) in [5, 5.41) is 2.84. The quantitative estimate of drug-likeness (QED) is 0.328. The van der Waals surface area contributed by atoms with Crippen LogP contribution in [0.5, 0.6) is 0 Å². The van der Waals surface area contributed by atoms with E-state index in [-0.39, 0.29) is 6.61 Å². The number of alkyl halides is 2. The first kappa shape index (κ1) is 13.3. The summed E-state index contributed by atoms with van der Waals surface area (Å²) in [7, 11) is -4.95. The molecule has 0 bridgehead atoms. The van der Waals surface area contributed by atoms with Crippen molar-refractivity contribution in [2.24, 2.45) is 5.11 Å². The van der Waals surface area contributed by atoms with E-state index in [1.54, 1.807) is 0 Å². The predicted molar refractivity (Wildman–Crippen MR) is 45.0 cm³/mol. The Morgan fingerprint density at radius 1 is 1.71 bits per heavy atom. The van der Waals surface area contributed by atoms with Crippen molar-refractivity contribution < 1.29 is 22.8 Å². The Balaban J connectivity index is 4.42. The van der Waals surface area contributed by atoms with Crippen molar-refractivity contribution in [2.45, 2.75) is 19.0 Å². The highest BCUT2D eigenvalue weighted by atomic mass is 31.2. The summed E-state index contributed by atoms with van der Waals surface area (Å²) in [6.45, 7) is 0.485. The fraction of sp³-hybridized carbons (Fsp3) is 1.00. The zero-order valence-corrected chi connectivity index (χ0v) is 8.32. The van der Waals surface area contributed by atoms with Gasteiger partial charge in [0.15, 0.2) is 0 Å². The van der Waals surface area contributed by atoms with Gasteiger partial charge in [-0.3, -0.25) is 4.57 Å². The largest absolute Gasteiger partial charge is 0.397 e. The van der Waals surface area contributed by atoms with Crippen LogP contribution >= 0.6 is 7.60 Å². The highest BCUT2D eigenvalue weighted by molar-refractivity contribution is 7.54. The average molecular weight is 229 g/mol. The number of hydrogen-bond acceptors (Lipinski definition) is 3. The molecule has 0 saturated carbocycles. The van der Waals surface area contributed by atoms with Crippen LogP contribution in [0, 0.1) is 0 Å². The molecule has 0 aromatic heterocycles. The van der Waals surface area contributed by atoms with Crippen molar-refractivity contribution in [3.8, 4) is 0 Å². The smallest absolute Gasteiger partial charge is 0.320 e. The Morgan fingerprint density at radius 3 is 2.71 bits per heavy atom. The van der Waals surface area contributed by atoms with E-state index in [0.717, 1.165) is 0 Å². The van der Waals surface area contributed by atoms with Crippen LogP contribution in [0.2, 0.25) is 0 Å². The normalized spacial score (nSPS) is 15.7. The third-order valence-corrected chi connectivity index (χ3v) is 2.95. The van der Waals surface area contributed by atoms with Gasteiger partial charge in [-0.2, -0.15) is 8.78 Å².